The lowest BCUT2D eigenvalue weighted by Gasteiger charge is -2.12. The first-order valence-corrected chi connectivity index (χ1v) is 19.4. The predicted molar refractivity (Wildman–Crippen MR) is 235 cm³/mol. The van der Waals surface area contributed by atoms with E-state index in [-0.39, 0.29) is 0 Å². The molecule has 10 aromatic rings. The lowest BCUT2D eigenvalue weighted by atomic mass is 9.93. The highest BCUT2D eigenvalue weighted by Gasteiger charge is 2.19. The molecule has 4 nitrogen and oxygen atoms in total. The molecule has 0 aliphatic rings. The first-order chi connectivity index (χ1) is 28.2. The maximum Gasteiger partial charge on any atom is 0.164 e. The van der Waals surface area contributed by atoms with Gasteiger partial charge in [0.25, 0.3) is 0 Å². The third-order valence-corrected chi connectivity index (χ3v) is 10.8. The number of rotatable bonds is 8. The van der Waals surface area contributed by atoms with Gasteiger partial charge < -0.3 is 4.42 Å². The van der Waals surface area contributed by atoms with E-state index in [2.05, 4.69) is 153 Å². The van der Waals surface area contributed by atoms with E-state index in [0.29, 0.717) is 17.5 Å². The number of furan rings is 1. The van der Waals surface area contributed by atoms with Crippen LogP contribution < -0.4 is 0 Å². The standard InChI is InChI=1S/C53H37N3O/c1-2-35-21-30-43(33-46(35)40-15-8-4-9-16-40)39-26-28-42(29-27-39)52-54-51(41-17-10-5-11-18-41)55-53(56-52)45-19-12-20-49-50(45)47-34-44(31-32-48(47)57-49)38-24-22-37(23-25-38)36-13-6-3-7-14-36/h3-34H,2H2,1H3. The van der Waals surface area contributed by atoms with Gasteiger partial charge in [-0.1, -0.05) is 177 Å². The molecule has 2 aromatic heterocycles. The van der Waals surface area contributed by atoms with Crippen molar-refractivity contribution in [1.82, 2.24) is 15.0 Å². The Morgan fingerprint density at radius 1 is 0.351 bits per heavy atom. The Kier molecular flexibility index (Phi) is 8.77. The van der Waals surface area contributed by atoms with Gasteiger partial charge in [0, 0.05) is 27.5 Å². The second kappa shape index (κ2) is 14.7. The van der Waals surface area contributed by atoms with E-state index < -0.39 is 0 Å². The van der Waals surface area contributed by atoms with Crippen LogP contribution in [0.25, 0.3) is 101 Å². The number of hydrogen-bond donors (Lipinski definition) is 0. The topological polar surface area (TPSA) is 51.8 Å². The third kappa shape index (κ3) is 6.58. The van der Waals surface area contributed by atoms with Gasteiger partial charge in [-0.3, -0.25) is 0 Å². The minimum absolute atomic E-state index is 0.594. The van der Waals surface area contributed by atoms with E-state index in [1.54, 1.807) is 0 Å². The van der Waals surface area contributed by atoms with Gasteiger partial charge in [-0.05, 0) is 80.8 Å². The van der Waals surface area contributed by atoms with Crippen molar-refractivity contribution in [2.75, 3.05) is 0 Å². The summed E-state index contributed by atoms with van der Waals surface area (Å²) in [5, 5.41) is 1.99. The molecule has 8 aromatic carbocycles. The van der Waals surface area contributed by atoms with Crippen LogP contribution in [0, 0.1) is 0 Å². The summed E-state index contributed by atoms with van der Waals surface area (Å²) in [5.74, 6) is 1.82. The van der Waals surface area contributed by atoms with Crippen molar-refractivity contribution < 1.29 is 4.42 Å². The van der Waals surface area contributed by atoms with Crippen LogP contribution in [0.3, 0.4) is 0 Å². The van der Waals surface area contributed by atoms with Gasteiger partial charge in [0.15, 0.2) is 17.5 Å². The predicted octanol–water partition coefficient (Wildman–Crippen LogP) is 14.0. The van der Waals surface area contributed by atoms with Gasteiger partial charge >= 0.3 is 0 Å². The maximum absolute atomic E-state index is 6.45. The Balaban J connectivity index is 1.06. The van der Waals surface area contributed by atoms with Gasteiger partial charge in [-0.15, -0.1) is 0 Å². The van der Waals surface area contributed by atoms with Crippen LogP contribution in [0.1, 0.15) is 12.5 Å². The first-order valence-electron chi connectivity index (χ1n) is 19.4. The van der Waals surface area contributed by atoms with Crippen LogP contribution in [0.15, 0.2) is 199 Å². The smallest absolute Gasteiger partial charge is 0.164 e. The molecule has 0 aliphatic heterocycles. The molecule has 0 saturated carbocycles. The number of fused-ring (bicyclic) bond motifs is 3. The summed E-state index contributed by atoms with van der Waals surface area (Å²) in [6.45, 7) is 2.21. The largest absolute Gasteiger partial charge is 0.456 e. The number of nitrogens with zero attached hydrogens (tertiary/aromatic N) is 3. The summed E-state index contributed by atoms with van der Waals surface area (Å²) in [6.07, 6.45) is 0.974. The molecule has 0 radical (unpaired) electrons. The van der Waals surface area contributed by atoms with Crippen LogP contribution in [-0.4, -0.2) is 15.0 Å². The van der Waals surface area contributed by atoms with E-state index in [1.807, 2.05) is 48.5 Å². The summed E-state index contributed by atoms with van der Waals surface area (Å²) in [6, 6.07) is 67.8. The maximum atomic E-state index is 6.45. The molecule has 10 rings (SSSR count). The van der Waals surface area contributed by atoms with Gasteiger partial charge in [0.2, 0.25) is 0 Å². The van der Waals surface area contributed by atoms with Crippen molar-refractivity contribution in [3.8, 4) is 78.7 Å². The second-order valence-corrected chi connectivity index (χ2v) is 14.3. The van der Waals surface area contributed by atoms with E-state index in [0.717, 1.165) is 61.7 Å². The van der Waals surface area contributed by atoms with Crippen molar-refractivity contribution in [3.63, 3.8) is 0 Å². The van der Waals surface area contributed by atoms with Crippen molar-refractivity contribution in [2.45, 2.75) is 13.3 Å². The molecule has 0 N–H and O–H groups in total. The van der Waals surface area contributed by atoms with Crippen LogP contribution >= 0.6 is 0 Å². The molecule has 270 valence electrons. The molecule has 0 fully saturated rings. The Labute approximate surface area is 331 Å². The van der Waals surface area contributed by atoms with E-state index in [9.17, 15) is 0 Å². The molecule has 0 spiro atoms. The minimum atomic E-state index is 0.594. The number of hydrogen-bond acceptors (Lipinski definition) is 4. The molecule has 4 heteroatoms. The Morgan fingerprint density at radius 2 is 0.825 bits per heavy atom. The second-order valence-electron chi connectivity index (χ2n) is 14.3. The highest BCUT2D eigenvalue weighted by molar-refractivity contribution is 6.12. The molecule has 0 atom stereocenters. The molecule has 0 amide bonds. The summed E-state index contributed by atoms with van der Waals surface area (Å²) in [5.41, 5.74) is 15.1. The van der Waals surface area contributed by atoms with Crippen LogP contribution in [-0.2, 0) is 6.42 Å². The van der Waals surface area contributed by atoms with Gasteiger partial charge in [-0.2, -0.15) is 0 Å². The first kappa shape index (κ1) is 34.1. The van der Waals surface area contributed by atoms with Crippen LogP contribution in [0.2, 0.25) is 0 Å². The zero-order valence-electron chi connectivity index (χ0n) is 31.4. The fraction of sp³-hybridized carbons (Fsp3) is 0.0377. The van der Waals surface area contributed by atoms with E-state index >= 15 is 0 Å². The average Bonchev–Trinajstić information content (AvgIpc) is 3.68. The molecule has 2 heterocycles. The van der Waals surface area contributed by atoms with E-state index in [4.69, 9.17) is 19.4 Å². The third-order valence-electron chi connectivity index (χ3n) is 10.8. The highest BCUT2D eigenvalue weighted by Crippen LogP contribution is 2.39. The van der Waals surface area contributed by atoms with Crippen molar-refractivity contribution in [3.05, 3.63) is 200 Å². The Bertz CT molecular complexity index is 3010. The van der Waals surface area contributed by atoms with Crippen molar-refractivity contribution >= 4 is 21.9 Å². The molecule has 0 bridgehead atoms. The molecule has 0 aliphatic carbocycles. The quantitative estimate of drug-likeness (QED) is 0.156. The molecule has 0 unspecified atom stereocenters. The van der Waals surface area contributed by atoms with Gasteiger partial charge in [0.1, 0.15) is 11.2 Å². The van der Waals surface area contributed by atoms with Crippen molar-refractivity contribution in [2.24, 2.45) is 0 Å². The average molecular weight is 732 g/mol. The summed E-state index contributed by atoms with van der Waals surface area (Å²) < 4.78 is 6.45. The van der Waals surface area contributed by atoms with Crippen LogP contribution in [0.5, 0.6) is 0 Å². The SMILES string of the molecule is CCc1ccc(-c2ccc(-c3nc(-c4ccccc4)nc(-c4cccc5oc6ccc(-c7ccc(-c8ccccc8)cc7)cc6c45)n3)cc2)cc1-c1ccccc1. The highest BCUT2D eigenvalue weighted by atomic mass is 16.3. The fourth-order valence-corrected chi connectivity index (χ4v) is 7.78. The summed E-state index contributed by atoms with van der Waals surface area (Å²) >= 11 is 0. The van der Waals surface area contributed by atoms with Gasteiger partial charge in [0.05, 0.1) is 0 Å². The number of aryl methyl sites for hydroxylation is 1. The number of benzene rings is 8. The summed E-state index contributed by atoms with van der Waals surface area (Å²) in [4.78, 5) is 15.3. The lowest BCUT2D eigenvalue weighted by Crippen LogP contribution is -2.00. The molecule has 57 heavy (non-hydrogen) atoms. The minimum Gasteiger partial charge on any atom is -0.456 e. The Morgan fingerprint density at radius 3 is 1.46 bits per heavy atom. The zero-order valence-corrected chi connectivity index (χ0v) is 31.4. The molecular formula is C53H37N3O. The monoisotopic (exact) mass is 731 g/mol. The Hall–Kier alpha value is -7.43. The van der Waals surface area contributed by atoms with Gasteiger partial charge in [-0.25, -0.2) is 15.0 Å². The molecule has 0 saturated heterocycles. The van der Waals surface area contributed by atoms with Crippen LogP contribution in [0.4, 0.5) is 0 Å². The molecular weight excluding hydrogens is 695 g/mol. The van der Waals surface area contributed by atoms with E-state index in [1.165, 1.54) is 33.4 Å². The normalized spacial score (nSPS) is 11.3. The fourth-order valence-electron chi connectivity index (χ4n) is 7.78. The zero-order chi connectivity index (χ0) is 38.1. The lowest BCUT2D eigenvalue weighted by molar-refractivity contribution is 0.669. The summed E-state index contributed by atoms with van der Waals surface area (Å²) in [7, 11) is 0. The number of aromatic nitrogens is 3. The van der Waals surface area contributed by atoms with Crippen molar-refractivity contribution in [1.29, 1.82) is 0 Å².